The molecular formula is C21H20N2O4. The van der Waals surface area contributed by atoms with E-state index in [1.165, 1.54) is 12.0 Å². The standard InChI is InChI=1S/C21H20N2O4/c1-27-19(26)23-20-10-5-11-21(20,23)14-9-8-13(20)15-16(14)18(25)22(17(15)24)12-6-3-2-4-7-12/h2-4,6-9,13-16H,5,10-11H2,1H3/t13-,14-,15-,16-,20-,21-/m1/s1. The average molecular weight is 364 g/mol. The number of rotatable bonds is 1. The van der Waals surface area contributed by atoms with Gasteiger partial charge in [-0.15, -0.1) is 0 Å². The van der Waals surface area contributed by atoms with Crippen molar-refractivity contribution in [2.75, 3.05) is 12.0 Å². The van der Waals surface area contributed by atoms with E-state index in [2.05, 4.69) is 12.2 Å². The van der Waals surface area contributed by atoms with E-state index in [0.29, 0.717) is 5.69 Å². The molecular weight excluding hydrogens is 344 g/mol. The first-order valence-corrected chi connectivity index (χ1v) is 9.59. The highest BCUT2D eigenvalue weighted by molar-refractivity contribution is 6.23. The first-order valence-electron chi connectivity index (χ1n) is 9.59. The minimum Gasteiger partial charge on any atom is -0.453 e. The Hall–Kier alpha value is -2.63. The quantitative estimate of drug-likeness (QED) is 0.436. The lowest BCUT2D eigenvalue weighted by Crippen LogP contribution is -2.53. The number of nitrogens with zero attached hydrogens (tertiary/aromatic N) is 2. The first kappa shape index (κ1) is 15.4. The third-order valence-electron chi connectivity index (χ3n) is 7.79. The Morgan fingerprint density at radius 3 is 2.07 bits per heavy atom. The van der Waals surface area contributed by atoms with Crippen LogP contribution in [0.3, 0.4) is 0 Å². The van der Waals surface area contributed by atoms with Crippen LogP contribution in [-0.4, -0.2) is 41.0 Å². The van der Waals surface area contributed by atoms with Crippen LogP contribution in [0.2, 0.25) is 0 Å². The molecule has 4 aliphatic carbocycles. The molecule has 3 amide bonds. The zero-order valence-corrected chi connectivity index (χ0v) is 15.0. The van der Waals surface area contributed by atoms with Gasteiger partial charge in [-0.1, -0.05) is 30.4 Å². The fourth-order valence-corrected chi connectivity index (χ4v) is 7.10. The fraction of sp³-hybridized carbons (Fsp3) is 0.476. The molecule has 0 N–H and O–H groups in total. The van der Waals surface area contributed by atoms with E-state index in [0.717, 1.165) is 19.3 Å². The zero-order valence-electron chi connectivity index (χ0n) is 15.0. The van der Waals surface area contributed by atoms with Crippen LogP contribution in [0.4, 0.5) is 10.5 Å². The maximum atomic E-state index is 13.4. The van der Waals surface area contributed by atoms with Gasteiger partial charge in [0, 0.05) is 11.8 Å². The van der Waals surface area contributed by atoms with Crippen molar-refractivity contribution in [1.29, 1.82) is 0 Å². The second-order valence-electron chi connectivity index (χ2n) is 8.34. The van der Waals surface area contributed by atoms with E-state index in [1.807, 2.05) is 23.1 Å². The molecule has 2 saturated carbocycles. The molecule has 6 atom stereocenters. The van der Waals surface area contributed by atoms with Gasteiger partial charge in [0.1, 0.15) is 0 Å². The number of carbonyl (C=O) groups is 3. The Balaban J connectivity index is 1.48. The maximum absolute atomic E-state index is 13.4. The summed E-state index contributed by atoms with van der Waals surface area (Å²) in [6.07, 6.45) is 6.64. The van der Waals surface area contributed by atoms with Crippen LogP contribution in [0.25, 0.3) is 0 Å². The Bertz CT molecular complexity index is 881. The number of hydrogen-bond donors (Lipinski definition) is 0. The van der Waals surface area contributed by atoms with E-state index in [1.54, 1.807) is 12.1 Å². The van der Waals surface area contributed by atoms with Crippen molar-refractivity contribution in [1.82, 2.24) is 4.90 Å². The molecule has 2 aliphatic heterocycles. The Labute approximate surface area is 156 Å². The molecule has 0 spiro atoms. The molecule has 27 heavy (non-hydrogen) atoms. The number of anilines is 1. The second-order valence-corrected chi connectivity index (χ2v) is 8.34. The molecule has 0 aromatic heterocycles. The molecule has 6 aliphatic rings. The number of benzene rings is 1. The molecule has 6 nitrogen and oxygen atoms in total. The monoisotopic (exact) mass is 364 g/mol. The largest absolute Gasteiger partial charge is 0.453 e. The molecule has 1 aromatic carbocycles. The predicted molar refractivity (Wildman–Crippen MR) is 95.6 cm³/mol. The molecule has 2 heterocycles. The number of amides is 3. The van der Waals surface area contributed by atoms with Gasteiger partial charge in [0.2, 0.25) is 11.8 Å². The van der Waals surface area contributed by atoms with E-state index < -0.39 is 0 Å². The predicted octanol–water partition coefficient (Wildman–Crippen LogP) is 2.35. The highest BCUT2D eigenvalue weighted by Gasteiger charge is 2.90. The summed E-state index contributed by atoms with van der Waals surface area (Å²) < 4.78 is 5.06. The van der Waals surface area contributed by atoms with Gasteiger partial charge in [-0.25, -0.2) is 4.79 Å². The minimum absolute atomic E-state index is 0.112. The van der Waals surface area contributed by atoms with Crippen molar-refractivity contribution in [3.05, 3.63) is 42.5 Å². The van der Waals surface area contributed by atoms with E-state index >= 15 is 0 Å². The van der Waals surface area contributed by atoms with Gasteiger partial charge in [-0.3, -0.25) is 19.4 Å². The van der Waals surface area contributed by atoms with Crippen LogP contribution >= 0.6 is 0 Å². The van der Waals surface area contributed by atoms with Gasteiger partial charge in [0.05, 0.1) is 35.7 Å². The fourth-order valence-electron chi connectivity index (χ4n) is 7.10. The number of ether oxygens (including phenoxy) is 1. The highest BCUT2D eigenvalue weighted by atomic mass is 16.5. The summed E-state index contributed by atoms with van der Waals surface area (Å²) in [5.74, 6) is -1.23. The number of piperidine rings is 1. The van der Waals surface area contributed by atoms with Gasteiger partial charge >= 0.3 is 6.09 Å². The van der Waals surface area contributed by atoms with Gasteiger partial charge < -0.3 is 4.74 Å². The summed E-state index contributed by atoms with van der Waals surface area (Å²) in [6, 6.07) is 9.17. The lowest BCUT2D eigenvalue weighted by atomic mass is 9.55. The first-order chi connectivity index (χ1) is 13.1. The summed E-state index contributed by atoms with van der Waals surface area (Å²) in [5, 5.41) is 0. The van der Waals surface area contributed by atoms with Gasteiger partial charge in [-0.05, 0) is 31.4 Å². The molecule has 7 rings (SSSR count). The summed E-state index contributed by atoms with van der Waals surface area (Å²) in [5.41, 5.74) is -0.0490. The minimum atomic E-state index is -0.381. The van der Waals surface area contributed by atoms with Crippen molar-refractivity contribution >= 4 is 23.6 Å². The van der Waals surface area contributed by atoms with Crippen LogP contribution in [0.5, 0.6) is 0 Å². The third kappa shape index (κ3) is 1.40. The highest BCUT2D eigenvalue weighted by Crippen LogP contribution is 2.78. The normalized spacial score (nSPS) is 42.9. The summed E-state index contributed by atoms with van der Waals surface area (Å²) in [4.78, 5) is 42.5. The lowest BCUT2D eigenvalue weighted by molar-refractivity contribution is -0.125. The van der Waals surface area contributed by atoms with Crippen molar-refractivity contribution in [2.24, 2.45) is 23.7 Å². The average Bonchev–Trinajstić information content (AvgIpc) is 2.96. The number of hydrogen-bond acceptors (Lipinski definition) is 4. The van der Waals surface area contributed by atoms with Crippen molar-refractivity contribution in [3.63, 3.8) is 0 Å². The van der Waals surface area contributed by atoms with Gasteiger partial charge in [0.15, 0.2) is 0 Å². The Morgan fingerprint density at radius 1 is 1.00 bits per heavy atom. The maximum Gasteiger partial charge on any atom is 0.410 e. The van der Waals surface area contributed by atoms with Crippen LogP contribution in [0, 0.1) is 23.7 Å². The molecule has 2 bridgehead atoms. The molecule has 2 saturated heterocycles. The number of likely N-dealkylation sites (tertiary alicyclic amines) is 1. The Morgan fingerprint density at radius 2 is 1.56 bits per heavy atom. The lowest BCUT2D eigenvalue weighted by Gasteiger charge is -2.43. The molecule has 6 heteroatoms. The molecule has 0 unspecified atom stereocenters. The Kier molecular flexibility index (Phi) is 2.63. The number of para-hydroxylation sites is 1. The SMILES string of the molecule is COC(=O)N1[C@@]23CCC[C@]12[C@@H]1C=C[C@@H]3[C@H]2C(=O)N(c3ccccc3)C(=O)[C@@H]21. The molecule has 0 radical (unpaired) electrons. The molecule has 1 aromatic rings. The summed E-state index contributed by atoms with van der Waals surface area (Å²) >= 11 is 0. The summed E-state index contributed by atoms with van der Waals surface area (Å²) in [7, 11) is 1.40. The van der Waals surface area contributed by atoms with Gasteiger partial charge in [-0.2, -0.15) is 0 Å². The van der Waals surface area contributed by atoms with Crippen LogP contribution in [0.15, 0.2) is 42.5 Å². The van der Waals surface area contributed by atoms with Crippen molar-refractivity contribution in [2.45, 2.75) is 30.3 Å². The smallest absolute Gasteiger partial charge is 0.410 e. The van der Waals surface area contributed by atoms with Crippen molar-refractivity contribution < 1.29 is 19.1 Å². The number of imide groups is 1. The van der Waals surface area contributed by atoms with Crippen LogP contribution < -0.4 is 4.90 Å². The molecule has 138 valence electrons. The van der Waals surface area contributed by atoms with Gasteiger partial charge in [0.25, 0.3) is 0 Å². The topological polar surface area (TPSA) is 66.7 Å². The number of carbonyl (C=O) groups excluding carboxylic acids is 3. The van der Waals surface area contributed by atoms with Crippen LogP contribution in [0.1, 0.15) is 19.3 Å². The van der Waals surface area contributed by atoms with Crippen LogP contribution in [-0.2, 0) is 14.3 Å². The third-order valence-corrected chi connectivity index (χ3v) is 7.79. The summed E-state index contributed by atoms with van der Waals surface area (Å²) in [6.45, 7) is 0. The van der Waals surface area contributed by atoms with E-state index in [-0.39, 0.29) is 52.7 Å². The zero-order chi connectivity index (χ0) is 18.6. The number of methoxy groups -OCH3 is 1. The molecule has 4 fully saturated rings. The van der Waals surface area contributed by atoms with E-state index in [9.17, 15) is 14.4 Å². The second kappa shape index (κ2) is 4.61. The van der Waals surface area contributed by atoms with Crippen molar-refractivity contribution in [3.8, 4) is 0 Å². The van der Waals surface area contributed by atoms with E-state index in [4.69, 9.17) is 4.74 Å².